The van der Waals surface area contributed by atoms with Gasteiger partial charge >= 0.3 is 0 Å². The SMILES string of the molecule is CC(Oc1ccc(Cl)cc1[C@H](C)O)C(=O)N1CCCCC1. The first kappa shape index (κ1) is 16.1. The third-order valence-corrected chi connectivity index (χ3v) is 3.98. The van der Waals surface area contributed by atoms with Crippen molar-refractivity contribution in [3.8, 4) is 5.75 Å². The topological polar surface area (TPSA) is 49.8 Å². The summed E-state index contributed by atoms with van der Waals surface area (Å²) in [6.07, 6.45) is 2.02. The Bertz CT molecular complexity index is 498. The molecule has 2 rings (SSSR count). The van der Waals surface area contributed by atoms with Crippen molar-refractivity contribution >= 4 is 17.5 Å². The average Bonchev–Trinajstić information content (AvgIpc) is 2.49. The highest BCUT2D eigenvalue weighted by atomic mass is 35.5. The maximum absolute atomic E-state index is 12.4. The lowest BCUT2D eigenvalue weighted by molar-refractivity contribution is -0.138. The Balaban J connectivity index is 2.08. The number of rotatable bonds is 4. The van der Waals surface area contributed by atoms with Crippen LogP contribution in [0.3, 0.4) is 0 Å². The number of piperidine rings is 1. The van der Waals surface area contributed by atoms with Gasteiger partial charge in [0.1, 0.15) is 5.75 Å². The summed E-state index contributed by atoms with van der Waals surface area (Å²) >= 11 is 5.94. The molecule has 1 aromatic carbocycles. The van der Waals surface area contributed by atoms with Crippen LogP contribution in [0.25, 0.3) is 0 Å². The monoisotopic (exact) mass is 311 g/mol. The van der Waals surface area contributed by atoms with Gasteiger partial charge in [-0.05, 0) is 51.3 Å². The molecule has 0 aromatic heterocycles. The molecule has 21 heavy (non-hydrogen) atoms. The Morgan fingerprint density at radius 3 is 2.57 bits per heavy atom. The summed E-state index contributed by atoms with van der Waals surface area (Å²) in [7, 11) is 0. The number of hydrogen-bond acceptors (Lipinski definition) is 3. The van der Waals surface area contributed by atoms with Crippen molar-refractivity contribution in [2.45, 2.75) is 45.3 Å². The second-order valence-electron chi connectivity index (χ2n) is 5.50. The molecule has 5 heteroatoms. The summed E-state index contributed by atoms with van der Waals surface area (Å²) in [6, 6.07) is 5.06. The van der Waals surface area contributed by atoms with Gasteiger partial charge in [0.05, 0.1) is 6.10 Å². The van der Waals surface area contributed by atoms with Crippen LogP contribution < -0.4 is 4.74 Å². The van der Waals surface area contributed by atoms with Crippen molar-refractivity contribution in [2.75, 3.05) is 13.1 Å². The van der Waals surface area contributed by atoms with Crippen LogP contribution in [0.15, 0.2) is 18.2 Å². The number of aliphatic hydroxyl groups is 1. The molecule has 1 heterocycles. The highest BCUT2D eigenvalue weighted by Gasteiger charge is 2.24. The minimum atomic E-state index is -0.698. The molecule has 0 aliphatic carbocycles. The Kier molecular flexibility index (Phi) is 5.48. The second-order valence-corrected chi connectivity index (χ2v) is 5.94. The van der Waals surface area contributed by atoms with Gasteiger partial charge < -0.3 is 14.7 Å². The lowest BCUT2D eigenvalue weighted by Gasteiger charge is -2.29. The van der Waals surface area contributed by atoms with E-state index in [9.17, 15) is 9.90 Å². The molecule has 1 unspecified atom stereocenters. The Morgan fingerprint density at radius 2 is 1.95 bits per heavy atom. The van der Waals surface area contributed by atoms with Gasteiger partial charge in [0, 0.05) is 23.7 Å². The summed E-state index contributed by atoms with van der Waals surface area (Å²) in [5.74, 6) is 0.508. The van der Waals surface area contributed by atoms with Crippen molar-refractivity contribution in [3.05, 3.63) is 28.8 Å². The van der Waals surface area contributed by atoms with Crippen LogP contribution >= 0.6 is 11.6 Å². The number of benzene rings is 1. The molecule has 1 amide bonds. The smallest absolute Gasteiger partial charge is 0.263 e. The zero-order valence-corrected chi connectivity index (χ0v) is 13.3. The standard InChI is InChI=1S/C16H22ClNO3/c1-11(19)14-10-13(17)6-7-15(14)21-12(2)16(20)18-8-4-3-5-9-18/h6-7,10-12,19H,3-5,8-9H2,1-2H3/t11-,12?/m0/s1. The van der Waals surface area contributed by atoms with Gasteiger partial charge in [-0.3, -0.25) is 4.79 Å². The summed E-state index contributed by atoms with van der Waals surface area (Å²) in [6.45, 7) is 5.00. The molecule has 0 spiro atoms. The molecule has 1 aromatic rings. The van der Waals surface area contributed by atoms with Gasteiger partial charge in [0.25, 0.3) is 5.91 Å². The predicted molar refractivity (Wildman–Crippen MR) is 82.6 cm³/mol. The van der Waals surface area contributed by atoms with Gasteiger partial charge in [0.2, 0.25) is 0 Å². The van der Waals surface area contributed by atoms with E-state index < -0.39 is 12.2 Å². The maximum Gasteiger partial charge on any atom is 0.263 e. The molecular weight excluding hydrogens is 290 g/mol. The van der Waals surface area contributed by atoms with Crippen LogP contribution in [0, 0.1) is 0 Å². The number of aliphatic hydroxyl groups excluding tert-OH is 1. The minimum absolute atomic E-state index is 0.00110. The van der Waals surface area contributed by atoms with E-state index in [4.69, 9.17) is 16.3 Å². The van der Waals surface area contributed by atoms with Gasteiger partial charge in [-0.2, -0.15) is 0 Å². The van der Waals surface area contributed by atoms with E-state index in [1.807, 2.05) is 4.90 Å². The first-order valence-corrected chi connectivity index (χ1v) is 7.80. The zero-order valence-electron chi connectivity index (χ0n) is 12.5. The van der Waals surface area contributed by atoms with E-state index >= 15 is 0 Å². The molecule has 0 saturated carbocycles. The van der Waals surface area contributed by atoms with Gasteiger partial charge in [-0.1, -0.05) is 11.6 Å². The Morgan fingerprint density at radius 1 is 1.29 bits per heavy atom. The largest absolute Gasteiger partial charge is 0.481 e. The van der Waals surface area contributed by atoms with Crippen LogP contribution in [0.5, 0.6) is 5.75 Å². The number of amides is 1. The molecule has 0 bridgehead atoms. The van der Waals surface area contributed by atoms with Crippen LogP contribution in [0.2, 0.25) is 5.02 Å². The number of hydrogen-bond donors (Lipinski definition) is 1. The van der Waals surface area contributed by atoms with Gasteiger partial charge in [-0.15, -0.1) is 0 Å². The van der Waals surface area contributed by atoms with Gasteiger partial charge in [0.15, 0.2) is 6.10 Å². The van der Waals surface area contributed by atoms with Crippen LogP contribution in [0.4, 0.5) is 0 Å². The van der Waals surface area contributed by atoms with E-state index in [1.165, 1.54) is 6.42 Å². The normalized spacial score (nSPS) is 18.2. The number of ether oxygens (including phenoxy) is 1. The highest BCUT2D eigenvalue weighted by Crippen LogP contribution is 2.29. The number of nitrogens with zero attached hydrogens (tertiary/aromatic N) is 1. The number of carbonyl (C=O) groups excluding carboxylic acids is 1. The van der Waals surface area contributed by atoms with Crippen LogP contribution in [0.1, 0.15) is 44.8 Å². The Labute approximate surface area is 130 Å². The molecule has 1 saturated heterocycles. The molecule has 1 aliphatic rings. The Hall–Kier alpha value is -1.26. The molecule has 2 atom stereocenters. The van der Waals surface area contributed by atoms with E-state index in [1.54, 1.807) is 32.0 Å². The molecule has 116 valence electrons. The van der Waals surface area contributed by atoms with Crippen molar-refractivity contribution in [3.63, 3.8) is 0 Å². The fourth-order valence-corrected chi connectivity index (χ4v) is 2.75. The van der Waals surface area contributed by atoms with E-state index in [2.05, 4.69) is 0 Å². The number of halogens is 1. The van der Waals surface area contributed by atoms with E-state index in [0.717, 1.165) is 25.9 Å². The van der Waals surface area contributed by atoms with Crippen molar-refractivity contribution in [1.82, 2.24) is 4.90 Å². The van der Waals surface area contributed by atoms with Gasteiger partial charge in [-0.25, -0.2) is 0 Å². The summed E-state index contributed by atoms with van der Waals surface area (Å²) in [5, 5.41) is 10.3. The predicted octanol–water partition coefficient (Wildman–Crippen LogP) is 3.17. The van der Waals surface area contributed by atoms with Crippen molar-refractivity contribution < 1.29 is 14.6 Å². The highest BCUT2D eigenvalue weighted by molar-refractivity contribution is 6.30. The molecular formula is C16H22ClNO3. The molecule has 1 fully saturated rings. The minimum Gasteiger partial charge on any atom is -0.481 e. The third kappa shape index (κ3) is 4.11. The number of likely N-dealkylation sites (tertiary alicyclic amines) is 1. The third-order valence-electron chi connectivity index (χ3n) is 3.74. The van der Waals surface area contributed by atoms with Crippen LogP contribution in [-0.4, -0.2) is 35.1 Å². The van der Waals surface area contributed by atoms with Crippen LogP contribution in [-0.2, 0) is 4.79 Å². The van der Waals surface area contributed by atoms with E-state index in [0.29, 0.717) is 16.3 Å². The molecule has 1 aliphatic heterocycles. The first-order valence-electron chi connectivity index (χ1n) is 7.42. The quantitative estimate of drug-likeness (QED) is 0.929. The van der Waals surface area contributed by atoms with Crippen molar-refractivity contribution in [2.24, 2.45) is 0 Å². The fraction of sp³-hybridized carbons (Fsp3) is 0.562. The zero-order chi connectivity index (χ0) is 15.4. The summed E-state index contributed by atoms with van der Waals surface area (Å²) in [5.41, 5.74) is 0.598. The van der Waals surface area contributed by atoms with Crippen molar-refractivity contribution in [1.29, 1.82) is 0 Å². The lowest BCUT2D eigenvalue weighted by atomic mass is 10.1. The fourth-order valence-electron chi connectivity index (χ4n) is 2.57. The summed E-state index contributed by atoms with van der Waals surface area (Å²) < 4.78 is 5.77. The first-order chi connectivity index (χ1) is 9.99. The van der Waals surface area contributed by atoms with E-state index in [-0.39, 0.29) is 5.91 Å². The maximum atomic E-state index is 12.4. The molecule has 4 nitrogen and oxygen atoms in total. The average molecular weight is 312 g/mol. The molecule has 1 N–H and O–H groups in total. The lowest BCUT2D eigenvalue weighted by Crippen LogP contribution is -2.43. The second kappa shape index (κ2) is 7.14. The number of carbonyl (C=O) groups is 1. The summed E-state index contributed by atoms with van der Waals surface area (Å²) in [4.78, 5) is 14.2. The molecule has 0 radical (unpaired) electrons.